The van der Waals surface area contributed by atoms with E-state index in [9.17, 15) is 9.59 Å². The van der Waals surface area contributed by atoms with Crippen LogP contribution in [-0.4, -0.2) is 28.1 Å². The number of hydrogen-bond donors (Lipinski definition) is 0. The highest BCUT2D eigenvalue weighted by atomic mass is 16.5. The Balaban J connectivity index is 1.65. The molecule has 0 unspecified atom stereocenters. The average molecular weight is 337 g/mol. The first-order valence-corrected chi connectivity index (χ1v) is 7.49. The molecule has 0 saturated heterocycles. The summed E-state index contributed by atoms with van der Waals surface area (Å²) in [6.07, 6.45) is 2.89. The van der Waals surface area contributed by atoms with Gasteiger partial charge in [-0.3, -0.25) is 4.79 Å². The third-order valence-electron chi connectivity index (χ3n) is 3.49. The molecule has 3 rings (SSSR count). The van der Waals surface area contributed by atoms with Gasteiger partial charge in [-0.05, 0) is 35.9 Å². The van der Waals surface area contributed by atoms with Crippen LogP contribution in [0.2, 0.25) is 0 Å². The van der Waals surface area contributed by atoms with Gasteiger partial charge in [-0.2, -0.15) is 4.68 Å². The molecule has 0 radical (unpaired) electrons. The smallest absolute Gasteiger partial charge is 0.332 e. The Kier molecular flexibility index (Phi) is 4.84. The van der Waals surface area contributed by atoms with E-state index in [0.29, 0.717) is 10.9 Å². The predicted molar refractivity (Wildman–Crippen MR) is 91.9 cm³/mol. The molecule has 0 fully saturated rings. The maximum atomic E-state index is 12.2. The van der Waals surface area contributed by atoms with Crippen LogP contribution in [0.5, 0.6) is 5.75 Å². The summed E-state index contributed by atoms with van der Waals surface area (Å²) in [6, 6.07) is 14.0. The highest BCUT2D eigenvalue weighted by Crippen LogP contribution is 2.12. The number of hydrogen-bond acceptors (Lipinski definition) is 6. The van der Waals surface area contributed by atoms with E-state index in [1.807, 2.05) is 12.1 Å². The van der Waals surface area contributed by atoms with E-state index in [0.717, 1.165) is 16.0 Å². The Morgan fingerprint density at radius 3 is 2.68 bits per heavy atom. The number of esters is 1. The van der Waals surface area contributed by atoms with Gasteiger partial charge >= 0.3 is 5.97 Å². The zero-order chi connectivity index (χ0) is 17.6. The molecule has 0 amide bonds. The third kappa shape index (κ3) is 3.89. The van der Waals surface area contributed by atoms with Gasteiger partial charge in [0.05, 0.1) is 12.5 Å². The minimum Gasteiger partial charge on any atom is -0.497 e. The molecule has 0 aliphatic carbocycles. The van der Waals surface area contributed by atoms with Crippen LogP contribution >= 0.6 is 0 Å². The van der Waals surface area contributed by atoms with Crippen molar-refractivity contribution in [1.29, 1.82) is 0 Å². The van der Waals surface area contributed by atoms with E-state index in [1.54, 1.807) is 49.6 Å². The van der Waals surface area contributed by atoms with Crippen LogP contribution < -0.4 is 10.3 Å². The molecule has 0 atom stereocenters. The van der Waals surface area contributed by atoms with E-state index >= 15 is 0 Å². The lowest BCUT2D eigenvalue weighted by Gasteiger charge is -2.04. The Morgan fingerprint density at radius 2 is 1.92 bits per heavy atom. The molecule has 25 heavy (non-hydrogen) atoms. The molecule has 0 aliphatic heterocycles. The topological polar surface area (TPSA) is 83.3 Å². The van der Waals surface area contributed by atoms with Gasteiger partial charge in [0.15, 0.2) is 6.73 Å². The van der Waals surface area contributed by atoms with Gasteiger partial charge in [0, 0.05) is 6.08 Å². The number of fused-ring (bicyclic) bond motifs is 1. The van der Waals surface area contributed by atoms with Crippen LogP contribution in [0.3, 0.4) is 0 Å². The van der Waals surface area contributed by atoms with Crippen molar-refractivity contribution in [2.75, 3.05) is 7.11 Å². The van der Waals surface area contributed by atoms with Crippen molar-refractivity contribution in [3.63, 3.8) is 0 Å². The molecule has 7 heteroatoms. The van der Waals surface area contributed by atoms with Crippen molar-refractivity contribution in [3.8, 4) is 5.75 Å². The maximum absolute atomic E-state index is 12.2. The first-order chi connectivity index (χ1) is 12.2. The third-order valence-corrected chi connectivity index (χ3v) is 3.49. The summed E-state index contributed by atoms with van der Waals surface area (Å²) in [5.41, 5.74) is 0.951. The monoisotopic (exact) mass is 337 g/mol. The minimum atomic E-state index is -0.585. The van der Waals surface area contributed by atoms with Gasteiger partial charge in [-0.1, -0.05) is 29.5 Å². The molecule has 7 nitrogen and oxygen atoms in total. The highest BCUT2D eigenvalue weighted by Gasteiger charge is 2.06. The lowest BCUT2D eigenvalue weighted by molar-refractivity contribution is -0.141. The molecule has 0 bridgehead atoms. The fourth-order valence-electron chi connectivity index (χ4n) is 2.16. The van der Waals surface area contributed by atoms with Gasteiger partial charge < -0.3 is 9.47 Å². The normalized spacial score (nSPS) is 10.9. The highest BCUT2D eigenvalue weighted by molar-refractivity contribution is 5.87. The summed E-state index contributed by atoms with van der Waals surface area (Å²) in [6.45, 7) is -0.303. The second kappa shape index (κ2) is 7.39. The number of carbonyl (C=O) groups is 1. The number of rotatable bonds is 5. The van der Waals surface area contributed by atoms with Gasteiger partial charge in [0.1, 0.15) is 11.3 Å². The summed E-state index contributed by atoms with van der Waals surface area (Å²) in [5, 5.41) is 8.10. The predicted octanol–water partition coefficient (Wildman–Crippen LogP) is 2.01. The van der Waals surface area contributed by atoms with E-state index < -0.39 is 5.97 Å². The lowest BCUT2D eigenvalue weighted by atomic mass is 10.2. The molecule has 1 heterocycles. The molecule has 126 valence electrons. The van der Waals surface area contributed by atoms with E-state index in [-0.39, 0.29) is 12.3 Å². The SMILES string of the molecule is COc1ccc(/C=C/C(=O)OCn2nnc3ccccc3c2=O)cc1. The van der Waals surface area contributed by atoms with Crippen LogP contribution in [-0.2, 0) is 16.3 Å². The Morgan fingerprint density at radius 1 is 1.16 bits per heavy atom. The molecule has 3 aromatic rings. The first kappa shape index (κ1) is 16.4. The number of aromatic nitrogens is 3. The number of methoxy groups -OCH3 is 1. The second-order valence-corrected chi connectivity index (χ2v) is 5.11. The van der Waals surface area contributed by atoms with Crippen molar-refractivity contribution in [2.45, 2.75) is 6.73 Å². The largest absolute Gasteiger partial charge is 0.497 e. The van der Waals surface area contributed by atoms with Crippen LogP contribution in [0.15, 0.2) is 59.4 Å². The zero-order valence-electron chi connectivity index (χ0n) is 13.5. The van der Waals surface area contributed by atoms with Crippen molar-refractivity contribution in [1.82, 2.24) is 15.0 Å². The second-order valence-electron chi connectivity index (χ2n) is 5.11. The lowest BCUT2D eigenvalue weighted by Crippen LogP contribution is -2.26. The van der Waals surface area contributed by atoms with Crippen molar-refractivity contribution in [2.24, 2.45) is 0 Å². The van der Waals surface area contributed by atoms with Gasteiger partial charge in [0.25, 0.3) is 5.56 Å². The minimum absolute atomic E-state index is 0.303. The summed E-state index contributed by atoms with van der Waals surface area (Å²) in [7, 11) is 1.58. The van der Waals surface area contributed by atoms with Crippen LogP contribution in [0.4, 0.5) is 0 Å². The van der Waals surface area contributed by atoms with Crippen LogP contribution in [0.1, 0.15) is 5.56 Å². The fraction of sp³-hybridized carbons (Fsp3) is 0.111. The summed E-state index contributed by atoms with van der Waals surface area (Å²) in [4.78, 5) is 24.0. The van der Waals surface area contributed by atoms with Crippen molar-refractivity contribution >= 4 is 22.9 Å². The fourth-order valence-corrected chi connectivity index (χ4v) is 2.16. The van der Waals surface area contributed by atoms with Crippen molar-refractivity contribution < 1.29 is 14.3 Å². The molecule has 0 saturated carbocycles. The number of nitrogens with zero attached hydrogens (tertiary/aromatic N) is 3. The maximum Gasteiger partial charge on any atom is 0.332 e. The standard InChI is InChI=1S/C18H15N3O4/c1-24-14-9-6-13(7-10-14)8-11-17(22)25-12-21-18(23)15-4-2-3-5-16(15)19-20-21/h2-11H,12H2,1H3/b11-8+. The molecule has 0 spiro atoms. The zero-order valence-corrected chi connectivity index (χ0v) is 13.5. The van der Waals surface area contributed by atoms with E-state index in [4.69, 9.17) is 9.47 Å². The number of carbonyl (C=O) groups excluding carboxylic acids is 1. The average Bonchev–Trinajstić information content (AvgIpc) is 2.66. The van der Waals surface area contributed by atoms with E-state index in [1.165, 1.54) is 6.08 Å². The molecule has 0 N–H and O–H groups in total. The summed E-state index contributed by atoms with van der Waals surface area (Å²) in [5.74, 6) is 0.145. The number of ether oxygens (including phenoxy) is 2. The Hall–Kier alpha value is -3.48. The molecule has 2 aromatic carbocycles. The van der Waals surface area contributed by atoms with Crippen LogP contribution in [0, 0.1) is 0 Å². The quantitative estimate of drug-likeness (QED) is 0.523. The molecular weight excluding hydrogens is 322 g/mol. The number of benzene rings is 2. The van der Waals surface area contributed by atoms with Gasteiger partial charge in [0.2, 0.25) is 0 Å². The molecule has 1 aromatic heterocycles. The first-order valence-electron chi connectivity index (χ1n) is 7.49. The van der Waals surface area contributed by atoms with Crippen molar-refractivity contribution in [3.05, 3.63) is 70.5 Å². The Bertz CT molecular complexity index is 978. The van der Waals surface area contributed by atoms with Gasteiger partial charge in [-0.25, -0.2) is 4.79 Å². The summed E-state index contributed by atoms with van der Waals surface area (Å²) >= 11 is 0. The Labute approximate surface area is 143 Å². The molecular formula is C18H15N3O4. The van der Waals surface area contributed by atoms with Crippen LogP contribution in [0.25, 0.3) is 17.0 Å². The van der Waals surface area contributed by atoms with Gasteiger partial charge in [-0.15, -0.1) is 5.10 Å². The molecule has 0 aliphatic rings. The van der Waals surface area contributed by atoms with E-state index in [2.05, 4.69) is 10.3 Å². The summed E-state index contributed by atoms with van der Waals surface area (Å²) < 4.78 is 11.1.